The van der Waals surface area contributed by atoms with E-state index in [1.807, 2.05) is 0 Å². The van der Waals surface area contributed by atoms with Gasteiger partial charge in [0, 0.05) is 5.41 Å². The Bertz CT molecular complexity index is 875. The second-order valence-electron chi connectivity index (χ2n) is 10.4. The van der Waals surface area contributed by atoms with E-state index in [9.17, 15) is 0 Å². The van der Waals surface area contributed by atoms with E-state index >= 15 is 0 Å². The van der Waals surface area contributed by atoms with Crippen LogP contribution in [0.5, 0.6) is 11.5 Å². The summed E-state index contributed by atoms with van der Waals surface area (Å²) in [5.41, 5.74) is 7.83. The molecule has 4 nitrogen and oxygen atoms in total. The molecule has 2 aliphatic heterocycles. The van der Waals surface area contributed by atoms with Crippen LogP contribution in [0.15, 0.2) is 24.3 Å². The van der Waals surface area contributed by atoms with Crippen molar-refractivity contribution in [1.82, 2.24) is 0 Å². The summed E-state index contributed by atoms with van der Waals surface area (Å²) < 4.78 is 23.0. The summed E-state index contributed by atoms with van der Waals surface area (Å²) in [7, 11) is 0. The molecule has 2 aromatic carbocycles. The van der Waals surface area contributed by atoms with E-state index < -0.39 is 0 Å². The molecule has 0 radical (unpaired) electrons. The number of ether oxygens (including phenoxy) is 4. The van der Waals surface area contributed by atoms with Gasteiger partial charge in [-0.25, -0.2) is 0 Å². The summed E-state index contributed by atoms with van der Waals surface area (Å²) in [5.74, 6) is 2.05. The lowest BCUT2D eigenvalue weighted by Crippen LogP contribution is -2.28. The van der Waals surface area contributed by atoms with Crippen LogP contribution in [0.25, 0.3) is 0 Å². The van der Waals surface area contributed by atoms with Crippen LogP contribution in [0.2, 0.25) is 0 Å². The van der Waals surface area contributed by atoms with Crippen LogP contribution in [-0.4, -0.2) is 38.6 Å². The summed E-state index contributed by atoms with van der Waals surface area (Å²) in [4.78, 5) is 0. The summed E-state index contributed by atoms with van der Waals surface area (Å²) in [6.45, 7) is 11.7. The standard InChI is InChI=1S/C29H38O4/c1-19-11-23(12-20(2)27(19)32-17-25-15-30-25)29(9-7-5-6-8-10-29)24-13-21(3)28(22(4)14-24)33-18-26-16-31-26/h11-14,25-26H,5-10,15-18H2,1-4H3. The average Bonchev–Trinajstić information content (AvgIpc) is 3.67. The van der Waals surface area contributed by atoms with Gasteiger partial charge in [0.25, 0.3) is 0 Å². The molecule has 0 amide bonds. The Kier molecular flexibility index (Phi) is 6.41. The quantitative estimate of drug-likeness (QED) is 0.359. The van der Waals surface area contributed by atoms with Crippen molar-refractivity contribution in [2.24, 2.45) is 0 Å². The maximum atomic E-state index is 6.15. The largest absolute Gasteiger partial charge is 0.490 e. The van der Waals surface area contributed by atoms with Crippen molar-refractivity contribution in [3.8, 4) is 11.5 Å². The Morgan fingerprint density at radius 1 is 0.667 bits per heavy atom. The van der Waals surface area contributed by atoms with Crippen molar-refractivity contribution in [2.45, 2.75) is 83.8 Å². The Balaban J connectivity index is 1.51. The summed E-state index contributed by atoms with van der Waals surface area (Å²) in [6.07, 6.45) is 8.11. The number of rotatable bonds is 8. The van der Waals surface area contributed by atoms with Crippen molar-refractivity contribution in [3.63, 3.8) is 0 Å². The van der Waals surface area contributed by atoms with E-state index in [2.05, 4.69) is 52.0 Å². The van der Waals surface area contributed by atoms with E-state index in [-0.39, 0.29) is 17.6 Å². The molecule has 3 aliphatic rings. The molecule has 4 heteroatoms. The Hall–Kier alpha value is -2.04. The minimum atomic E-state index is 0.0395. The van der Waals surface area contributed by atoms with Crippen LogP contribution in [0.4, 0.5) is 0 Å². The predicted molar refractivity (Wildman–Crippen MR) is 131 cm³/mol. The third-order valence-corrected chi connectivity index (χ3v) is 7.61. The fourth-order valence-corrected chi connectivity index (χ4v) is 5.67. The third-order valence-electron chi connectivity index (χ3n) is 7.61. The molecule has 2 aromatic rings. The van der Waals surface area contributed by atoms with Crippen molar-refractivity contribution in [2.75, 3.05) is 26.4 Å². The molecule has 1 aliphatic carbocycles. The van der Waals surface area contributed by atoms with Gasteiger partial charge in [0.05, 0.1) is 13.2 Å². The van der Waals surface area contributed by atoms with Crippen LogP contribution in [0.3, 0.4) is 0 Å². The number of aryl methyl sites for hydroxylation is 4. The Morgan fingerprint density at radius 2 is 1.03 bits per heavy atom. The topological polar surface area (TPSA) is 43.5 Å². The molecule has 0 N–H and O–H groups in total. The van der Waals surface area contributed by atoms with Crippen molar-refractivity contribution >= 4 is 0 Å². The fourth-order valence-electron chi connectivity index (χ4n) is 5.67. The Labute approximate surface area is 198 Å². The van der Waals surface area contributed by atoms with E-state index in [0.717, 1.165) is 24.7 Å². The van der Waals surface area contributed by atoms with Gasteiger partial charge in [-0.15, -0.1) is 0 Å². The predicted octanol–water partition coefficient (Wildman–Crippen LogP) is 6.12. The normalized spacial score (nSPS) is 23.6. The molecular weight excluding hydrogens is 412 g/mol. The van der Waals surface area contributed by atoms with Gasteiger partial charge in [0.2, 0.25) is 0 Å². The van der Waals surface area contributed by atoms with Gasteiger partial charge in [0.15, 0.2) is 0 Å². The molecule has 0 bridgehead atoms. The highest BCUT2D eigenvalue weighted by atomic mass is 16.6. The summed E-state index contributed by atoms with van der Waals surface area (Å²) >= 11 is 0. The summed E-state index contributed by atoms with van der Waals surface area (Å²) in [5, 5.41) is 0. The third kappa shape index (κ3) is 4.93. The molecule has 2 unspecified atom stereocenters. The molecule has 2 atom stereocenters. The number of hydrogen-bond donors (Lipinski definition) is 0. The zero-order chi connectivity index (χ0) is 23.0. The molecule has 33 heavy (non-hydrogen) atoms. The van der Waals surface area contributed by atoms with Crippen LogP contribution in [0, 0.1) is 27.7 Å². The zero-order valence-corrected chi connectivity index (χ0v) is 20.7. The smallest absolute Gasteiger partial charge is 0.125 e. The SMILES string of the molecule is Cc1cc(C2(c3cc(C)c(OCC4CO4)c(C)c3)CCCCCC2)cc(C)c1OCC1CO1. The van der Waals surface area contributed by atoms with Gasteiger partial charge in [-0.05, 0) is 73.9 Å². The summed E-state index contributed by atoms with van der Waals surface area (Å²) in [6, 6.07) is 9.56. The van der Waals surface area contributed by atoms with Crippen LogP contribution < -0.4 is 9.47 Å². The lowest BCUT2D eigenvalue weighted by molar-refractivity contribution is 0.260. The van der Waals surface area contributed by atoms with E-state index in [0.29, 0.717) is 13.2 Å². The number of hydrogen-bond acceptors (Lipinski definition) is 4. The average molecular weight is 451 g/mol. The fraction of sp³-hybridized carbons (Fsp3) is 0.586. The molecule has 178 valence electrons. The number of benzene rings is 2. The first kappa shape index (κ1) is 22.7. The molecular formula is C29H38O4. The van der Waals surface area contributed by atoms with Gasteiger partial charge in [-0.1, -0.05) is 49.9 Å². The minimum Gasteiger partial charge on any atom is -0.490 e. The van der Waals surface area contributed by atoms with Gasteiger partial charge in [-0.2, -0.15) is 0 Å². The monoisotopic (exact) mass is 450 g/mol. The van der Waals surface area contributed by atoms with Crippen LogP contribution >= 0.6 is 0 Å². The lowest BCUT2D eigenvalue weighted by atomic mass is 9.68. The number of epoxide rings is 2. The lowest BCUT2D eigenvalue weighted by Gasteiger charge is -2.36. The second kappa shape index (κ2) is 9.31. The molecule has 5 rings (SSSR count). The van der Waals surface area contributed by atoms with Gasteiger partial charge >= 0.3 is 0 Å². The molecule has 0 aromatic heterocycles. The maximum absolute atomic E-state index is 6.15. The zero-order valence-electron chi connectivity index (χ0n) is 20.7. The molecule has 2 saturated heterocycles. The van der Waals surface area contributed by atoms with Gasteiger partial charge in [0.1, 0.15) is 36.9 Å². The maximum Gasteiger partial charge on any atom is 0.125 e. The highest BCUT2D eigenvalue weighted by Crippen LogP contribution is 2.47. The first-order chi connectivity index (χ1) is 16.0. The van der Waals surface area contributed by atoms with E-state index in [4.69, 9.17) is 18.9 Å². The highest BCUT2D eigenvalue weighted by molar-refractivity contribution is 5.53. The van der Waals surface area contributed by atoms with Crippen molar-refractivity contribution in [3.05, 3.63) is 57.6 Å². The minimum absolute atomic E-state index is 0.0395. The molecule has 3 fully saturated rings. The highest BCUT2D eigenvalue weighted by Gasteiger charge is 2.36. The van der Waals surface area contributed by atoms with Crippen molar-refractivity contribution in [1.29, 1.82) is 0 Å². The van der Waals surface area contributed by atoms with Gasteiger partial charge < -0.3 is 18.9 Å². The molecule has 1 saturated carbocycles. The first-order valence-corrected chi connectivity index (χ1v) is 12.7. The molecule has 0 spiro atoms. The van der Waals surface area contributed by atoms with E-state index in [1.54, 1.807) is 0 Å². The van der Waals surface area contributed by atoms with Gasteiger partial charge in [-0.3, -0.25) is 0 Å². The second-order valence-corrected chi connectivity index (χ2v) is 10.4. The molecule has 2 heterocycles. The first-order valence-electron chi connectivity index (χ1n) is 12.7. The van der Waals surface area contributed by atoms with Crippen molar-refractivity contribution < 1.29 is 18.9 Å². The van der Waals surface area contributed by atoms with E-state index in [1.165, 1.54) is 71.9 Å². The van der Waals surface area contributed by atoms with Crippen LogP contribution in [0.1, 0.15) is 71.9 Å². The Morgan fingerprint density at radius 3 is 1.36 bits per heavy atom. The van der Waals surface area contributed by atoms with Crippen LogP contribution in [-0.2, 0) is 14.9 Å².